The Bertz CT molecular complexity index is 404. The Hall–Kier alpha value is -0.540. The van der Waals surface area contributed by atoms with Gasteiger partial charge in [0.2, 0.25) is 5.91 Å². The summed E-state index contributed by atoms with van der Waals surface area (Å²) in [6.45, 7) is 5.60. The van der Waals surface area contributed by atoms with E-state index in [1.165, 1.54) is 0 Å². The molecule has 1 aromatic rings. The van der Waals surface area contributed by atoms with Crippen molar-refractivity contribution < 1.29 is 4.79 Å². The van der Waals surface area contributed by atoms with Crippen LogP contribution in [-0.2, 0) is 4.79 Å². The average molecular weight is 305 g/mol. The maximum absolute atomic E-state index is 11.9. The van der Waals surface area contributed by atoms with E-state index in [9.17, 15) is 4.79 Å². The Kier molecular flexibility index (Phi) is 4.39. The number of hydrogen-bond donors (Lipinski definition) is 1. The number of rotatable bonds is 3. The van der Waals surface area contributed by atoms with E-state index in [2.05, 4.69) is 21.2 Å². The highest BCUT2D eigenvalue weighted by atomic mass is 79.9. The fourth-order valence-electron chi connectivity index (χ4n) is 1.12. The van der Waals surface area contributed by atoms with Crippen LogP contribution in [0, 0.1) is 12.3 Å². The maximum Gasteiger partial charge on any atom is 0.231 e. The van der Waals surface area contributed by atoms with Crippen LogP contribution in [0.1, 0.15) is 19.4 Å². The van der Waals surface area contributed by atoms with Crippen LogP contribution in [0.25, 0.3) is 0 Å². The first-order valence-electron chi connectivity index (χ1n) is 5.00. The van der Waals surface area contributed by atoms with E-state index in [1.54, 1.807) is 0 Å². The molecule has 0 radical (unpaired) electrons. The predicted octanol–water partition coefficient (Wildman–Crippen LogP) is 3.96. The molecule has 0 fully saturated rings. The SMILES string of the molecule is Cc1cc(Br)ccc1NC(=O)C(C)(C)CCl. The van der Waals surface area contributed by atoms with Crippen LogP contribution >= 0.6 is 27.5 Å². The molecule has 0 atom stereocenters. The molecule has 16 heavy (non-hydrogen) atoms. The Morgan fingerprint density at radius 2 is 2.12 bits per heavy atom. The summed E-state index contributed by atoms with van der Waals surface area (Å²) in [5.41, 5.74) is 1.29. The highest BCUT2D eigenvalue weighted by Gasteiger charge is 2.26. The minimum Gasteiger partial charge on any atom is -0.325 e. The number of carbonyl (C=O) groups is 1. The molecule has 88 valence electrons. The van der Waals surface area contributed by atoms with E-state index < -0.39 is 5.41 Å². The topological polar surface area (TPSA) is 29.1 Å². The van der Waals surface area contributed by atoms with Crippen molar-refractivity contribution in [3.8, 4) is 0 Å². The molecule has 0 saturated carbocycles. The molecule has 1 amide bonds. The van der Waals surface area contributed by atoms with Crippen molar-refractivity contribution in [1.82, 2.24) is 0 Å². The van der Waals surface area contributed by atoms with Crippen molar-refractivity contribution in [3.63, 3.8) is 0 Å². The first kappa shape index (κ1) is 13.5. The zero-order valence-corrected chi connectivity index (χ0v) is 11.9. The Labute approximate surface area is 110 Å². The van der Waals surface area contributed by atoms with Gasteiger partial charge in [-0.25, -0.2) is 0 Å². The Morgan fingerprint density at radius 3 is 2.62 bits per heavy atom. The van der Waals surface area contributed by atoms with Crippen LogP contribution in [-0.4, -0.2) is 11.8 Å². The van der Waals surface area contributed by atoms with Gasteiger partial charge in [-0.2, -0.15) is 0 Å². The third-order valence-corrected chi connectivity index (χ3v) is 3.55. The Balaban J connectivity index is 2.85. The van der Waals surface area contributed by atoms with E-state index in [1.807, 2.05) is 39.0 Å². The normalized spacial score (nSPS) is 11.3. The molecule has 0 unspecified atom stereocenters. The smallest absolute Gasteiger partial charge is 0.231 e. The van der Waals surface area contributed by atoms with Gasteiger partial charge in [0.15, 0.2) is 0 Å². The van der Waals surface area contributed by atoms with Crippen LogP contribution in [0.3, 0.4) is 0 Å². The molecule has 0 aromatic heterocycles. The summed E-state index contributed by atoms with van der Waals surface area (Å²) in [4.78, 5) is 11.9. The predicted molar refractivity (Wildman–Crippen MR) is 72.0 cm³/mol. The number of halogens is 2. The second-order valence-electron chi connectivity index (χ2n) is 4.43. The number of carbonyl (C=O) groups excluding carboxylic acids is 1. The molecule has 1 N–H and O–H groups in total. The second kappa shape index (κ2) is 5.19. The van der Waals surface area contributed by atoms with Crippen molar-refractivity contribution >= 4 is 39.1 Å². The van der Waals surface area contributed by atoms with Gasteiger partial charge in [-0.15, -0.1) is 11.6 Å². The molecule has 0 bridgehead atoms. The minimum atomic E-state index is -0.554. The summed E-state index contributed by atoms with van der Waals surface area (Å²) >= 11 is 9.13. The molecule has 0 heterocycles. The van der Waals surface area contributed by atoms with Crippen molar-refractivity contribution in [2.24, 2.45) is 5.41 Å². The largest absolute Gasteiger partial charge is 0.325 e. The maximum atomic E-state index is 11.9. The van der Waals surface area contributed by atoms with Gasteiger partial charge < -0.3 is 5.32 Å². The average Bonchev–Trinajstić information content (AvgIpc) is 2.22. The molecule has 1 rings (SSSR count). The molecule has 2 nitrogen and oxygen atoms in total. The number of alkyl halides is 1. The van der Waals surface area contributed by atoms with E-state index in [0.717, 1.165) is 15.7 Å². The van der Waals surface area contributed by atoms with E-state index in [0.29, 0.717) is 5.88 Å². The molecular weight excluding hydrogens is 289 g/mol. The van der Waals surface area contributed by atoms with Gasteiger partial charge in [0.1, 0.15) is 0 Å². The van der Waals surface area contributed by atoms with Gasteiger partial charge in [-0.3, -0.25) is 4.79 Å². The molecule has 0 spiro atoms. The molecule has 1 aromatic carbocycles. The molecule has 4 heteroatoms. The lowest BCUT2D eigenvalue weighted by atomic mass is 9.95. The second-order valence-corrected chi connectivity index (χ2v) is 5.61. The van der Waals surface area contributed by atoms with E-state index in [-0.39, 0.29) is 5.91 Å². The summed E-state index contributed by atoms with van der Waals surface area (Å²) in [5, 5.41) is 2.88. The highest BCUT2D eigenvalue weighted by molar-refractivity contribution is 9.10. The van der Waals surface area contributed by atoms with Crippen LogP contribution in [0.15, 0.2) is 22.7 Å². The third kappa shape index (κ3) is 3.22. The number of aryl methyl sites for hydroxylation is 1. The van der Waals surface area contributed by atoms with Gasteiger partial charge >= 0.3 is 0 Å². The van der Waals surface area contributed by atoms with Gasteiger partial charge in [-0.05, 0) is 44.5 Å². The summed E-state index contributed by atoms with van der Waals surface area (Å²) in [6.07, 6.45) is 0. The van der Waals surface area contributed by atoms with Crippen molar-refractivity contribution in [1.29, 1.82) is 0 Å². The minimum absolute atomic E-state index is 0.0621. The first-order chi connectivity index (χ1) is 7.36. The monoisotopic (exact) mass is 303 g/mol. The zero-order chi connectivity index (χ0) is 12.3. The van der Waals surface area contributed by atoms with E-state index >= 15 is 0 Å². The number of amides is 1. The summed E-state index contributed by atoms with van der Waals surface area (Å²) < 4.78 is 1.000. The number of hydrogen-bond acceptors (Lipinski definition) is 1. The molecular formula is C12H15BrClNO. The van der Waals surface area contributed by atoms with Gasteiger partial charge in [-0.1, -0.05) is 15.9 Å². The van der Waals surface area contributed by atoms with Gasteiger partial charge in [0.25, 0.3) is 0 Å². The summed E-state index contributed by atoms with van der Waals surface area (Å²) in [7, 11) is 0. The number of nitrogens with one attached hydrogen (secondary N) is 1. The third-order valence-electron chi connectivity index (χ3n) is 2.39. The molecule has 0 aliphatic heterocycles. The Morgan fingerprint density at radius 1 is 1.50 bits per heavy atom. The fraction of sp³-hybridized carbons (Fsp3) is 0.417. The van der Waals surface area contributed by atoms with Crippen LogP contribution in [0.2, 0.25) is 0 Å². The first-order valence-corrected chi connectivity index (χ1v) is 6.33. The number of anilines is 1. The quantitative estimate of drug-likeness (QED) is 0.841. The van der Waals surface area contributed by atoms with Crippen molar-refractivity contribution in [2.75, 3.05) is 11.2 Å². The molecule has 0 saturated heterocycles. The fourth-order valence-corrected chi connectivity index (χ4v) is 1.72. The summed E-state index contributed by atoms with van der Waals surface area (Å²) in [5.74, 6) is 0.238. The molecule has 0 aliphatic rings. The standard InChI is InChI=1S/C12H15BrClNO/c1-8-6-9(13)4-5-10(8)15-11(16)12(2,3)7-14/h4-6H,7H2,1-3H3,(H,15,16). The van der Waals surface area contributed by atoms with Crippen LogP contribution in [0.5, 0.6) is 0 Å². The van der Waals surface area contributed by atoms with Crippen LogP contribution < -0.4 is 5.32 Å². The van der Waals surface area contributed by atoms with E-state index in [4.69, 9.17) is 11.6 Å². The number of benzene rings is 1. The molecule has 0 aliphatic carbocycles. The highest BCUT2D eigenvalue weighted by Crippen LogP contribution is 2.24. The zero-order valence-electron chi connectivity index (χ0n) is 9.60. The lowest BCUT2D eigenvalue weighted by Gasteiger charge is -2.21. The van der Waals surface area contributed by atoms with Crippen molar-refractivity contribution in [3.05, 3.63) is 28.2 Å². The van der Waals surface area contributed by atoms with Gasteiger partial charge in [0.05, 0.1) is 5.41 Å². The van der Waals surface area contributed by atoms with Crippen molar-refractivity contribution in [2.45, 2.75) is 20.8 Å². The lowest BCUT2D eigenvalue weighted by molar-refractivity contribution is -0.122. The summed E-state index contributed by atoms with van der Waals surface area (Å²) in [6, 6.07) is 5.74. The lowest BCUT2D eigenvalue weighted by Crippen LogP contribution is -2.32. The van der Waals surface area contributed by atoms with Gasteiger partial charge in [0, 0.05) is 16.0 Å². The van der Waals surface area contributed by atoms with Crippen LogP contribution in [0.4, 0.5) is 5.69 Å².